The minimum Gasteiger partial charge on any atom is -0.497 e. The molecule has 1 heterocycles. The van der Waals surface area contributed by atoms with Crippen LogP contribution in [0.1, 0.15) is 11.1 Å². The maximum Gasteiger partial charge on any atom is 0.313 e. The maximum absolute atomic E-state index is 12.2. The zero-order valence-electron chi connectivity index (χ0n) is 14.9. The lowest BCUT2D eigenvalue weighted by atomic mass is 9.97. The molecule has 3 rings (SSSR count). The number of carbonyl (C=O) groups excluding carboxylic acids is 2. The lowest BCUT2D eigenvalue weighted by Gasteiger charge is -2.24. The molecule has 2 aromatic carbocycles. The largest absolute Gasteiger partial charge is 0.497 e. The molecule has 2 aromatic rings. The molecule has 0 saturated heterocycles. The first kappa shape index (κ1) is 19.0. The molecule has 0 saturated carbocycles. The van der Waals surface area contributed by atoms with Crippen LogP contribution in [0.25, 0.3) is 0 Å². The van der Waals surface area contributed by atoms with Crippen LogP contribution in [-0.2, 0) is 27.3 Å². The highest BCUT2D eigenvalue weighted by molar-refractivity contribution is 6.30. The van der Waals surface area contributed by atoms with E-state index in [0.29, 0.717) is 18.0 Å². The predicted molar refractivity (Wildman–Crippen MR) is 99.9 cm³/mol. The summed E-state index contributed by atoms with van der Waals surface area (Å²) in [6, 6.07) is 12.6. The first-order chi connectivity index (χ1) is 13.0. The molecule has 0 aromatic heterocycles. The van der Waals surface area contributed by atoms with E-state index in [-0.39, 0.29) is 19.1 Å². The highest BCUT2D eigenvalue weighted by Crippen LogP contribution is 2.30. The van der Waals surface area contributed by atoms with Gasteiger partial charge in [0, 0.05) is 11.6 Å². The van der Waals surface area contributed by atoms with Crippen molar-refractivity contribution < 1.29 is 23.8 Å². The van der Waals surface area contributed by atoms with Crippen LogP contribution in [0.4, 0.5) is 0 Å². The minimum absolute atomic E-state index is 0.223. The molecule has 1 aliphatic rings. The van der Waals surface area contributed by atoms with Crippen molar-refractivity contribution in [2.75, 3.05) is 20.3 Å². The standard InChI is InChI=1S/C20H20ClNO5/c1-25-17-5-2-13(3-6-17)10-22-19(23)12-27-20(24)15-8-14-9-16(21)4-7-18(14)26-11-15/h2-7,9,15H,8,10-12H2,1H3,(H,22,23). The smallest absolute Gasteiger partial charge is 0.313 e. The summed E-state index contributed by atoms with van der Waals surface area (Å²) in [5.74, 6) is 0.196. The van der Waals surface area contributed by atoms with Gasteiger partial charge in [-0.1, -0.05) is 23.7 Å². The summed E-state index contributed by atoms with van der Waals surface area (Å²) in [6.07, 6.45) is 0.474. The molecule has 7 heteroatoms. The molecule has 1 aliphatic heterocycles. The van der Waals surface area contributed by atoms with E-state index in [1.165, 1.54) is 0 Å². The number of ether oxygens (including phenoxy) is 3. The number of amides is 1. The van der Waals surface area contributed by atoms with Crippen molar-refractivity contribution in [1.29, 1.82) is 0 Å². The van der Waals surface area contributed by atoms with Crippen molar-refractivity contribution in [2.45, 2.75) is 13.0 Å². The van der Waals surface area contributed by atoms with Gasteiger partial charge < -0.3 is 19.5 Å². The number of halogens is 1. The molecular weight excluding hydrogens is 370 g/mol. The third-order valence-corrected chi connectivity index (χ3v) is 4.49. The van der Waals surface area contributed by atoms with E-state index in [0.717, 1.165) is 22.6 Å². The van der Waals surface area contributed by atoms with Crippen LogP contribution in [-0.4, -0.2) is 32.2 Å². The Morgan fingerprint density at radius 2 is 2.00 bits per heavy atom. The number of methoxy groups -OCH3 is 1. The number of esters is 1. The molecule has 0 bridgehead atoms. The summed E-state index contributed by atoms with van der Waals surface area (Å²) in [7, 11) is 1.59. The molecule has 0 fully saturated rings. The van der Waals surface area contributed by atoms with E-state index in [4.69, 9.17) is 25.8 Å². The number of hydrogen-bond donors (Lipinski definition) is 1. The van der Waals surface area contributed by atoms with Crippen LogP contribution in [0.3, 0.4) is 0 Å². The van der Waals surface area contributed by atoms with Gasteiger partial charge in [-0.2, -0.15) is 0 Å². The highest BCUT2D eigenvalue weighted by Gasteiger charge is 2.27. The van der Waals surface area contributed by atoms with Crippen LogP contribution in [0, 0.1) is 5.92 Å². The van der Waals surface area contributed by atoms with Gasteiger partial charge in [0.2, 0.25) is 0 Å². The number of fused-ring (bicyclic) bond motifs is 1. The van der Waals surface area contributed by atoms with Crippen molar-refractivity contribution in [3.8, 4) is 11.5 Å². The van der Waals surface area contributed by atoms with Crippen LogP contribution >= 0.6 is 11.6 Å². The van der Waals surface area contributed by atoms with Gasteiger partial charge in [0.15, 0.2) is 6.61 Å². The van der Waals surface area contributed by atoms with Crippen LogP contribution < -0.4 is 14.8 Å². The fourth-order valence-corrected chi connectivity index (χ4v) is 2.96. The second kappa shape index (κ2) is 8.77. The van der Waals surface area contributed by atoms with Crippen LogP contribution in [0.2, 0.25) is 5.02 Å². The van der Waals surface area contributed by atoms with Crippen LogP contribution in [0.5, 0.6) is 11.5 Å². The van der Waals surface area contributed by atoms with Gasteiger partial charge in [-0.25, -0.2) is 0 Å². The Balaban J connectivity index is 1.44. The van der Waals surface area contributed by atoms with Gasteiger partial charge in [-0.15, -0.1) is 0 Å². The summed E-state index contributed by atoms with van der Waals surface area (Å²) in [4.78, 5) is 24.1. The second-order valence-electron chi connectivity index (χ2n) is 6.20. The minimum atomic E-state index is -0.458. The fraction of sp³-hybridized carbons (Fsp3) is 0.300. The van der Waals surface area contributed by atoms with Crippen LogP contribution in [0.15, 0.2) is 42.5 Å². The normalized spacial score (nSPS) is 15.3. The Morgan fingerprint density at radius 1 is 1.22 bits per heavy atom. The van der Waals surface area contributed by atoms with Gasteiger partial charge in [-0.3, -0.25) is 9.59 Å². The van der Waals surface area contributed by atoms with E-state index in [1.54, 1.807) is 25.3 Å². The predicted octanol–water partition coefficient (Wildman–Crippen LogP) is 2.76. The van der Waals surface area contributed by atoms with E-state index >= 15 is 0 Å². The molecule has 1 amide bonds. The first-order valence-corrected chi connectivity index (χ1v) is 8.90. The van der Waals surface area contributed by atoms with Crippen molar-refractivity contribution in [2.24, 2.45) is 5.92 Å². The van der Waals surface area contributed by atoms with Crippen molar-refractivity contribution in [3.63, 3.8) is 0 Å². The van der Waals surface area contributed by atoms with E-state index in [1.807, 2.05) is 24.3 Å². The summed E-state index contributed by atoms with van der Waals surface area (Å²) in [6.45, 7) is 0.244. The first-order valence-electron chi connectivity index (χ1n) is 8.52. The number of rotatable bonds is 6. The number of nitrogens with one attached hydrogen (secondary N) is 1. The molecule has 6 nitrogen and oxygen atoms in total. The average molecular weight is 390 g/mol. The lowest BCUT2D eigenvalue weighted by Crippen LogP contribution is -2.33. The average Bonchev–Trinajstić information content (AvgIpc) is 2.70. The highest BCUT2D eigenvalue weighted by atomic mass is 35.5. The topological polar surface area (TPSA) is 73.9 Å². The Bertz CT molecular complexity index is 822. The van der Waals surface area contributed by atoms with Gasteiger partial charge in [0.05, 0.1) is 13.0 Å². The third-order valence-electron chi connectivity index (χ3n) is 4.26. The molecule has 1 N–H and O–H groups in total. The number of carbonyl (C=O) groups is 2. The lowest BCUT2D eigenvalue weighted by molar-refractivity contribution is -0.153. The Morgan fingerprint density at radius 3 is 2.74 bits per heavy atom. The monoisotopic (exact) mass is 389 g/mol. The molecular formula is C20H20ClNO5. The Labute approximate surface area is 162 Å². The SMILES string of the molecule is COc1ccc(CNC(=O)COC(=O)C2COc3ccc(Cl)cc3C2)cc1. The van der Waals surface area contributed by atoms with Crippen molar-refractivity contribution in [3.05, 3.63) is 58.6 Å². The summed E-state index contributed by atoms with van der Waals surface area (Å²) in [5, 5.41) is 3.30. The van der Waals surface area contributed by atoms with E-state index in [9.17, 15) is 9.59 Å². The van der Waals surface area contributed by atoms with Gasteiger partial charge in [0.1, 0.15) is 18.1 Å². The zero-order chi connectivity index (χ0) is 19.2. The molecule has 0 radical (unpaired) electrons. The van der Waals surface area contributed by atoms with Crippen molar-refractivity contribution in [1.82, 2.24) is 5.32 Å². The summed E-state index contributed by atoms with van der Waals surface area (Å²) >= 11 is 5.98. The fourth-order valence-electron chi connectivity index (χ4n) is 2.76. The molecule has 1 atom stereocenters. The van der Waals surface area contributed by atoms with Gasteiger partial charge in [0.25, 0.3) is 5.91 Å². The summed E-state index contributed by atoms with van der Waals surface area (Å²) < 4.78 is 15.8. The summed E-state index contributed by atoms with van der Waals surface area (Å²) in [5.41, 5.74) is 1.78. The van der Waals surface area contributed by atoms with Crippen molar-refractivity contribution >= 4 is 23.5 Å². The number of benzene rings is 2. The zero-order valence-corrected chi connectivity index (χ0v) is 15.6. The third kappa shape index (κ3) is 5.14. The van der Waals surface area contributed by atoms with E-state index < -0.39 is 11.9 Å². The number of hydrogen-bond acceptors (Lipinski definition) is 5. The quantitative estimate of drug-likeness (QED) is 0.769. The maximum atomic E-state index is 12.2. The van der Waals surface area contributed by atoms with E-state index in [2.05, 4.69) is 5.32 Å². The van der Waals surface area contributed by atoms with Gasteiger partial charge >= 0.3 is 5.97 Å². The molecule has 142 valence electrons. The Hall–Kier alpha value is -2.73. The molecule has 0 aliphatic carbocycles. The molecule has 1 unspecified atom stereocenters. The van der Waals surface area contributed by atoms with Gasteiger partial charge in [-0.05, 0) is 47.9 Å². The molecule has 27 heavy (non-hydrogen) atoms. The Kier molecular flexibility index (Phi) is 6.19. The molecule has 0 spiro atoms. The second-order valence-corrected chi connectivity index (χ2v) is 6.63.